The van der Waals surface area contributed by atoms with Gasteiger partial charge in [0.15, 0.2) is 0 Å². The largest absolute Gasteiger partial charge is 0.331 e. The van der Waals surface area contributed by atoms with Gasteiger partial charge in [-0.1, -0.05) is 30.3 Å². The van der Waals surface area contributed by atoms with Crippen LogP contribution in [0.15, 0.2) is 67.0 Å². The van der Waals surface area contributed by atoms with Crippen molar-refractivity contribution in [1.29, 1.82) is 0 Å². The maximum atomic E-state index is 13.1. The van der Waals surface area contributed by atoms with Crippen molar-refractivity contribution in [2.75, 3.05) is 0 Å². The van der Waals surface area contributed by atoms with Crippen LogP contribution in [-0.4, -0.2) is 26.6 Å². The molecule has 3 aromatic rings. The molecule has 0 unspecified atom stereocenters. The van der Waals surface area contributed by atoms with Crippen molar-refractivity contribution in [2.24, 2.45) is 0 Å². The number of rotatable bonds is 5. The maximum absolute atomic E-state index is 13.1. The molecule has 0 radical (unpaired) electrons. The monoisotopic (exact) mass is 335 g/mol. The van der Waals surface area contributed by atoms with E-state index in [-0.39, 0.29) is 17.8 Å². The summed E-state index contributed by atoms with van der Waals surface area (Å²) in [5.74, 6) is -0.300. The molecule has 0 N–H and O–H groups in total. The molecule has 0 saturated heterocycles. The van der Waals surface area contributed by atoms with Crippen LogP contribution >= 0.6 is 0 Å². The summed E-state index contributed by atoms with van der Waals surface area (Å²) in [6, 6.07) is 16.3. The Morgan fingerprint density at radius 1 is 1.12 bits per heavy atom. The second kappa shape index (κ2) is 6.51. The van der Waals surface area contributed by atoms with E-state index in [1.54, 1.807) is 29.2 Å². The predicted molar refractivity (Wildman–Crippen MR) is 92.9 cm³/mol. The Kier molecular flexibility index (Phi) is 4.06. The molecule has 1 saturated carbocycles. The summed E-state index contributed by atoms with van der Waals surface area (Å²) in [4.78, 5) is 14.8. The molecule has 0 atom stereocenters. The normalized spacial score (nSPS) is 13.6. The van der Waals surface area contributed by atoms with E-state index in [1.807, 2.05) is 35.2 Å². The van der Waals surface area contributed by atoms with Crippen molar-refractivity contribution in [3.8, 4) is 5.69 Å². The number of amides is 1. The molecule has 1 amide bonds. The van der Waals surface area contributed by atoms with Crippen LogP contribution in [0.25, 0.3) is 5.69 Å². The number of halogens is 1. The van der Waals surface area contributed by atoms with Crippen molar-refractivity contribution < 1.29 is 9.18 Å². The lowest BCUT2D eigenvalue weighted by molar-refractivity contribution is 0.0730. The molecule has 4 rings (SSSR count). The van der Waals surface area contributed by atoms with Crippen molar-refractivity contribution in [3.63, 3.8) is 0 Å². The second-order valence-corrected chi connectivity index (χ2v) is 6.30. The average molecular weight is 335 g/mol. The van der Waals surface area contributed by atoms with E-state index >= 15 is 0 Å². The lowest BCUT2D eigenvalue weighted by atomic mass is 10.2. The first-order valence-corrected chi connectivity index (χ1v) is 8.36. The number of hydrogen-bond donors (Lipinski definition) is 0. The molecule has 5 heteroatoms. The third-order valence-electron chi connectivity index (χ3n) is 4.36. The van der Waals surface area contributed by atoms with Crippen molar-refractivity contribution in [1.82, 2.24) is 14.7 Å². The standard InChI is InChI=1S/C20H18FN3O/c21-17-8-6-15(7-9-17)13-23(18-10-11-18)20(25)16-12-22-24(14-16)19-4-2-1-3-5-19/h1-9,12,14,18H,10-11,13H2. The second-order valence-electron chi connectivity index (χ2n) is 6.30. The summed E-state index contributed by atoms with van der Waals surface area (Å²) in [5, 5.41) is 4.31. The first kappa shape index (κ1) is 15.6. The van der Waals surface area contributed by atoms with Crippen molar-refractivity contribution in [2.45, 2.75) is 25.4 Å². The number of aromatic nitrogens is 2. The number of carbonyl (C=O) groups excluding carboxylic acids is 1. The molecular weight excluding hydrogens is 317 g/mol. The Morgan fingerprint density at radius 2 is 1.84 bits per heavy atom. The van der Waals surface area contributed by atoms with Crippen LogP contribution < -0.4 is 0 Å². The van der Waals surface area contributed by atoms with Gasteiger partial charge in [-0.2, -0.15) is 5.10 Å². The Labute approximate surface area is 145 Å². The van der Waals surface area contributed by atoms with Gasteiger partial charge in [-0.25, -0.2) is 9.07 Å². The first-order chi connectivity index (χ1) is 12.2. The van der Waals surface area contributed by atoms with Gasteiger partial charge in [-0.3, -0.25) is 4.79 Å². The average Bonchev–Trinajstić information content (AvgIpc) is 3.37. The number of benzene rings is 2. The Hall–Kier alpha value is -2.95. The molecule has 4 nitrogen and oxygen atoms in total. The third-order valence-corrected chi connectivity index (χ3v) is 4.36. The molecule has 0 bridgehead atoms. The molecule has 1 aliphatic carbocycles. The lowest BCUT2D eigenvalue weighted by Crippen LogP contribution is -2.32. The lowest BCUT2D eigenvalue weighted by Gasteiger charge is -2.22. The van der Waals surface area contributed by atoms with Crippen LogP contribution in [0.5, 0.6) is 0 Å². The van der Waals surface area contributed by atoms with Crippen LogP contribution in [0.4, 0.5) is 4.39 Å². The van der Waals surface area contributed by atoms with Gasteiger partial charge in [-0.15, -0.1) is 0 Å². The van der Waals surface area contributed by atoms with Crippen LogP contribution in [0.3, 0.4) is 0 Å². The topological polar surface area (TPSA) is 38.1 Å². The summed E-state index contributed by atoms with van der Waals surface area (Å²) < 4.78 is 14.8. The zero-order chi connectivity index (χ0) is 17.2. The number of hydrogen-bond acceptors (Lipinski definition) is 2. The zero-order valence-corrected chi connectivity index (χ0v) is 13.7. The van der Waals surface area contributed by atoms with Gasteiger partial charge in [0.2, 0.25) is 0 Å². The molecule has 0 aliphatic heterocycles. The quantitative estimate of drug-likeness (QED) is 0.711. The smallest absolute Gasteiger partial charge is 0.257 e. The number of nitrogens with zero attached hydrogens (tertiary/aromatic N) is 3. The third kappa shape index (κ3) is 3.45. The minimum Gasteiger partial charge on any atom is -0.331 e. The first-order valence-electron chi connectivity index (χ1n) is 8.36. The minimum atomic E-state index is -0.266. The zero-order valence-electron chi connectivity index (χ0n) is 13.7. The van der Waals surface area contributed by atoms with Gasteiger partial charge < -0.3 is 4.90 Å². The van der Waals surface area contributed by atoms with E-state index in [2.05, 4.69) is 5.10 Å². The molecule has 1 aromatic heterocycles. The van der Waals surface area contributed by atoms with Crippen LogP contribution in [0.1, 0.15) is 28.8 Å². The fourth-order valence-corrected chi connectivity index (χ4v) is 2.86. The SMILES string of the molecule is O=C(c1cnn(-c2ccccc2)c1)N(Cc1ccc(F)cc1)C1CC1. The fraction of sp³-hybridized carbons (Fsp3) is 0.200. The maximum Gasteiger partial charge on any atom is 0.257 e. The van der Waals surface area contributed by atoms with Gasteiger partial charge >= 0.3 is 0 Å². The molecule has 1 heterocycles. The Bertz CT molecular complexity index is 869. The molecule has 0 spiro atoms. The fourth-order valence-electron chi connectivity index (χ4n) is 2.86. The highest BCUT2D eigenvalue weighted by Crippen LogP contribution is 2.30. The minimum absolute atomic E-state index is 0.0333. The van der Waals surface area contributed by atoms with E-state index in [0.717, 1.165) is 24.1 Å². The predicted octanol–water partition coefficient (Wildman–Crippen LogP) is 3.82. The van der Waals surface area contributed by atoms with E-state index < -0.39 is 0 Å². The summed E-state index contributed by atoms with van der Waals surface area (Å²) >= 11 is 0. The Balaban J connectivity index is 1.55. The van der Waals surface area contributed by atoms with E-state index in [0.29, 0.717) is 12.1 Å². The van der Waals surface area contributed by atoms with E-state index in [9.17, 15) is 9.18 Å². The highest BCUT2D eigenvalue weighted by atomic mass is 19.1. The van der Waals surface area contributed by atoms with Crippen LogP contribution in [0, 0.1) is 5.82 Å². The molecular formula is C20H18FN3O. The molecule has 1 fully saturated rings. The molecule has 126 valence electrons. The molecule has 25 heavy (non-hydrogen) atoms. The van der Waals surface area contributed by atoms with Gasteiger partial charge in [0.1, 0.15) is 5.82 Å². The summed E-state index contributed by atoms with van der Waals surface area (Å²) in [7, 11) is 0. The van der Waals surface area contributed by atoms with Gasteiger partial charge in [0.05, 0.1) is 17.4 Å². The molecule has 2 aromatic carbocycles. The Morgan fingerprint density at radius 3 is 2.52 bits per heavy atom. The van der Waals surface area contributed by atoms with E-state index in [4.69, 9.17) is 0 Å². The highest BCUT2D eigenvalue weighted by Gasteiger charge is 2.33. The molecule has 1 aliphatic rings. The van der Waals surface area contributed by atoms with Gasteiger partial charge in [0.25, 0.3) is 5.91 Å². The van der Waals surface area contributed by atoms with Gasteiger partial charge in [0, 0.05) is 18.8 Å². The highest BCUT2D eigenvalue weighted by molar-refractivity contribution is 5.94. The van der Waals surface area contributed by atoms with Crippen molar-refractivity contribution >= 4 is 5.91 Å². The van der Waals surface area contributed by atoms with Crippen LogP contribution in [0.2, 0.25) is 0 Å². The van der Waals surface area contributed by atoms with Crippen molar-refractivity contribution in [3.05, 3.63) is 83.9 Å². The summed E-state index contributed by atoms with van der Waals surface area (Å²) in [5.41, 5.74) is 2.41. The van der Waals surface area contributed by atoms with Gasteiger partial charge in [-0.05, 0) is 42.7 Å². The number of carbonyl (C=O) groups is 1. The summed E-state index contributed by atoms with van der Waals surface area (Å²) in [6.45, 7) is 0.486. The number of para-hydroxylation sites is 1. The summed E-state index contributed by atoms with van der Waals surface area (Å²) in [6.07, 6.45) is 5.40. The van der Waals surface area contributed by atoms with E-state index in [1.165, 1.54) is 12.1 Å². The van der Waals surface area contributed by atoms with Crippen LogP contribution in [-0.2, 0) is 6.54 Å².